The molecule has 8 heteroatoms. The number of fused-ring (bicyclic) bond motifs is 1. The summed E-state index contributed by atoms with van der Waals surface area (Å²) < 4.78 is 0. The van der Waals surface area contributed by atoms with E-state index in [4.69, 9.17) is 11.5 Å². The van der Waals surface area contributed by atoms with Crippen LogP contribution < -0.4 is 22.1 Å². The number of hydrogen-bond donors (Lipinski definition) is 4. The summed E-state index contributed by atoms with van der Waals surface area (Å²) in [7, 11) is 0. The van der Waals surface area contributed by atoms with Gasteiger partial charge in [-0.25, -0.2) is 4.98 Å². The molecule has 1 fully saturated rings. The maximum Gasteiger partial charge on any atom is 0.254 e. The highest BCUT2D eigenvalue weighted by molar-refractivity contribution is 5.98. The number of hydrogen-bond acceptors (Lipinski definition) is 7. The maximum atomic E-state index is 11.9. The van der Waals surface area contributed by atoms with Crippen molar-refractivity contribution in [3.8, 4) is 0 Å². The summed E-state index contributed by atoms with van der Waals surface area (Å²) in [5.74, 6) is 0.0205. The van der Waals surface area contributed by atoms with Crippen molar-refractivity contribution in [3.05, 3.63) is 60.4 Å². The van der Waals surface area contributed by atoms with Crippen LogP contribution in [0.5, 0.6) is 0 Å². The molecule has 6 N–H and O–H groups in total. The topological polar surface area (TPSA) is 132 Å². The van der Waals surface area contributed by atoms with E-state index in [1.54, 1.807) is 6.20 Å². The van der Waals surface area contributed by atoms with Crippen LogP contribution in [0.15, 0.2) is 54.9 Å². The average Bonchev–Trinajstić information content (AvgIpc) is 3.44. The standard InChI is InChI=1S/C21H23N7O/c1-12(2)17(21(23)7-8-21)27-20-25-11-15(18(22)29)19(28-20)26-14-9-13-5-3-4-6-16(13)24-10-14/h3-6,9-11,17H,1,7-8,23H2,2H3,(H2,22,29)(H2,25,26,27,28)/t17-/m1/s1. The number of rotatable bonds is 7. The molecular weight excluding hydrogens is 366 g/mol. The smallest absolute Gasteiger partial charge is 0.254 e. The van der Waals surface area contributed by atoms with Gasteiger partial charge in [-0.05, 0) is 31.9 Å². The maximum absolute atomic E-state index is 11.9. The van der Waals surface area contributed by atoms with E-state index in [-0.39, 0.29) is 17.1 Å². The number of nitrogens with one attached hydrogen (secondary N) is 2. The minimum Gasteiger partial charge on any atom is -0.365 e. The number of para-hydroxylation sites is 1. The Kier molecular flexibility index (Phi) is 4.63. The Labute approximate surface area is 168 Å². The van der Waals surface area contributed by atoms with Crippen molar-refractivity contribution < 1.29 is 4.79 Å². The van der Waals surface area contributed by atoms with E-state index in [0.717, 1.165) is 29.3 Å². The van der Waals surface area contributed by atoms with Crippen LogP contribution in [0, 0.1) is 0 Å². The summed E-state index contributed by atoms with van der Waals surface area (Å²) in [4.78, 5) is 25.0. The van der Waals surface area contributed by atoms with Gasteiger partial charge in [0.05, 0.1) is 23.4 Å². The van der Waals surface area contributed by atoms with Gasteiger partial charge in [-0.3, -0.25) is 9.78 Å². The number of primary amides is 1. The minimum absolute atomic E-state index is 0.155. The van der Waals surface area contributed by atoms with Gasteiger partial charge in [0.25, 0.3) is 5.91 Å². The van der Waals surface area contributed by atoms with Gasteiger partial charge in [0, 0.05) is 17.1 Å². The zero-order valence-electron chi connectivity index (χ0n) is 16.1. The summed E-state index contributed by atoms with van der Waals surface area (Å²) in [5, 5.41) is 7.35. The first-order chi connectivity index (χ1) is 13.9. The van der Waals surface area contributed by atoms with E-state index in [2.05, 4.69) is 32.2 Å². The van der Waals surface area contributed by atoms with Gasteiger partial charge in [0.2, 0.25) is 5.95 Å². The first kappa shape index (κ1) is 18.8. The van der Waals surface area contributed by atoms with Crippen LogP contribution in [-0.2, 0) is 0 Å². The van der Waals surface area contributed by atoms with Crippen molar-refractivity contribution in [1.82, 2.24) is 15.0 Å². The Morgan fingerprint density at radius 3 is 2.69 bits per heavy atom. The second-order valence-electron chi connectivity index (χ2n) is 7.52. The highest BCUT2D eigenvalue weighted by Crippen LogP contribution is 2.39. The van der Waals surface area contributed by atoms with Gasteiger partial charge >= 0.3 is 0 Å². The second kappa shape index (κ2) is 7.14. The van der Waals surface area contributed by atoms with E-state index in [1.807, 2.05) is 37.3 Å². The van der Waals surface area contributed by atoms with Crippen molar-refractivity contribution in [2.75, 3.05) is 10.6 Å². The minimum atomic E-state index is -0.623. The van der Waals surface area contributed by atoms with Crippen LogP contribution in [0.4, 0.5) is 17.5 Å². The summed E-state index contributed by atoms with van der Waals surface area (Å²) >= 11 is 0. The quantitative estimate of drug-likeness (QED) is 0.457. The molecule has 1 aliphatic carbocycles. The van der Waals surface area contributed by atoms with Gasteiger partial charge in [-0.2, -0.15) is 4.98 Å². The molecule has 0 aliphatic heterocycles. The molecule has 148 valence electrons. The Bertz CT molecular complexity index is 1110. The normalized spacial score (nSPS) is 15.5. The number of nitrogens with zero attached hydrogens (tertiary/aromatic N) is 3. The fourth-order valence-corrected chi connectivity index (χ4v) is 3.32. The van der Waals surface area contributed by atoms with Crippen LogP contribution >= 0.6 is 0 Å². The molecule has 0 radical (unpaired) electrons. The van der Waals surface area contributed by atoms with E-state index in [1.165, 1.54) is 6.20 Å². The number of carbonyl (C=O) groups excluding carboxylic acids is 1. The number of anilines is 3. The highest BCUT2D eigenvalue weighted by Gasteiger charge is 2.46. The van der Waals surface area contributed by atoms with Gasteiger partial charge < -0.3 is 22.1 Å². The highest BCUT2D eigenvalue weighted by atomic mass is 16.1. The first-order valence-electron chi connectivity index (χ1n) is 9.35. The second-order valence-corrected chi connectivity index (χ2v) is 7.52. The molecule has 1 aliphatic rings. The molecule has 29 heavy (non-hydrogen) atoms. The molecule has 1 atom stereocenters. The molecular formula is C21H23N7O. The van der Waals surface area contributed by atoms with Gasteiger partial charge in [-0.15, -0.1) is 0 Å². The lowest BCUT2D eigenvalue weighted by molar-refractivity contribution is 0.100. The predicted molar refractivity (Wildman–Crippen MR) is 114 cm³/mol. The van der Waals surface area contributed by atoms with Crippen molar-refractivity contribution in [3.63, 3.8) is 0 Å². The van der Waals surface area contributed by atoms with Gasteiger partial charge in [-0.1, -0.05) is 30.4 Å². The molecule has 4 rings (SSSR count). The van der Waals surface area contributed by atoms with E-state index < -0.39 is 5.91 Å². The predicted octanol–water partition coefficient (Wildman–Crippen LogP) is 2.72. The monoisotopic (exact) mass is 389 g/mol. The number of aromatic nitrogens is 3. The van der Waals surface area contributed by atoms with Crippen LogP contribution in [0.2, 0.25) is 0 Å². The summed E-state index contributed by atoms with van der Waals surface area (Å²) in [6.07, 6.45) is 4.90. The van der Waals surface area contributed by atoms with Gasteiger partial charge in [0.1, 0.15) is 11.4 Å². The molecule has 1 aromatic carbocycles. The number of amides is 1. The molecule has 1 saturated carbocycles. The zero-order chi connectivity index (χ0) is 20.6. The van der Waals surface area contributed by atoms with Crippen LogP contribution in [0.3, 0.4) is 0 Å². The number of nitrogens with two attached hydrogens (primary N) is 2. The third kappa shape index (κ3) is 3.88. The lowest BCUT2D eigenvalue weighted by Crippen LogP contribution is -2.43. The van der Waals surface area contributed by atoms with Crippen LogP contribution in [0.25, 0.3) is 10.9 Å². The Morgan fingerprint density at radius 1 is 1.24 bits per heavy atom. The molecule has 2 heterocycles. The summed E-state index contributed by atoms with van der Waals surface area (Å²) in [5.41, 5.74) is 14.2. The van der Waals surface area contributed by atoms with E-state index in [0.29, 0.717) is 17.5 Å². The van der Waals surface area contributed by atoms with Crippen molar-refractivity contribution in [1.29, 1.82) is 0 Å². The molecule has 3 aromatic rings. The van der Waals surface area contributed by atoms with Crippen LogP contribution in [-0.4, -0.2) is 32.4 Å². The number of pyridine rings is 1. The largest absolute Gasteiger partial charge is 0.365 e. The lowest BCUT2D eigenvalue weighted by Gasteiger charge is -2.25. The van der Waals surface area contributed by atoms with E-state index >= 15 is 0 Å². The Balaban J connectivity index is 1.66. The first-order valence-corrected chi connectivity index (χ1v) is 9.35. The van der Waals surface area contributed by atoms with Crippen LogP contribution in [0.1, 0.15) is 30.1 Å². The summed E-state index contributed by atoms with van der Waals surface area (Å²) in [6.45, 7) is 5.95. The van der Waals surface area contributed by atoms with E-state index in [9.17, 15) is 4.79 Å². The lowest BCUT2D eigenvalue weighted by atomic mass is 10.0. The molecule has 1 amide bonds. The number of benzene rings is 1. The Hall–Kier alpha value is -3.52. The zero-order valence-corrected chi connectivity index (χ0v) is 16.1. The molecule has 8 nitrogen and oxygen atoms in total. The van der Waals surface area contributed by atoms with Gasteiger partial charge in [0.15, 0.2) is 0 Å². The Morgan fingerprint density at radius 2 is 2.00 bits per heavy atom. The molecule has 2 aromatic heterocycles. The fourth-order valence-electron chi connectivity index (χ4n) is 3.32. The molecule has 0 unspecified atom stereocenters. The van der Waals surface area contributed by atoms with Crippen molar-refractivity contribution >= 4 is 34.3 Å². The molecule has 0 saturated heterocycles. The average molecular weight is 389 g/mol. The fraction of sp³-hybridized carbons (Fsp3) is 0.238. The summed E-state index contributed by atoms with van der Waals surface area (Å²) in [6, 6.07) is 9.53. The van der Waals surface area contributed by atoms with Crippen molar-refractivity contribution in [2.45, 2.75) is 31.3 Å². The van der Waals surface area contributed by atoms with Crippen molar-refractivity contribution in [2.24, 2.45) is 11.5 Å². The SMILES string of the molecule is C=C(C)[C@@H](Nc1ncc(C(N)=O)c(Nc2cnc3ccccc3c2)n1)C1(N)CC1. The molecule has 0 spiro atoms. The number of carbonyl (C=O) groups is 1. The molecule has 0 bridgehead atoms. The third-order valence-electron chi connectivity index (χ3n) is 5.08. The third-order valence-corrected chi connectivity index (χ3v) is 5.08.